The molecule has 1 aromatic rings. The molecular formula is C10H15NO4S. The van der Waals surface area contributed by atoms with Crippen molar-refractivity contribution in [1.82, 2.24) is 0 Å². The Morgan fingerprint density at radius 2 is 2.12 bits per heavy atom. The van der Waals surface area contributed by atoms with Crippen LogP contribution in [0.25, 0.3) is 0 Å². The molecule has 0 aliphatic rings. The molecular weight excluding hydrogens is 230 g/mol. The van der Waals surface area contributed by atoms with Crippen LogP contribution >= 0.6 is 0 Å². The zero-order valence-corrected chi connectivity index (χ0v) is 10.0. The van der Waals surface area contributed by atoms with Crippen LogP contribution in [0.5, 0.6) is 5.75 Å². The molecule has 2 N–H and O–H groups in total. The molecule has 1 rings (SSSR count). The van der Waals surface area contributed by atoms with E-state index in [1.54, 1.807) is 18.2 Å². The zero-order chi connectivity index (χ0) is 12.2. The molecule has 1 aromatic carbocycles. The lowest BCUT2D eigenvalue weighted by molar-refractivity contribution is 0.267. The van der Waals surface area contributed by atoms with E-state index in [1.165, 1.54) is 0 Å². The lowest BCUT2D eigenvalue weighted by Gasteiger charge is -2.10. The maximum atomic E-state index is 11.0. The van der Waals surface area contributed by atoms with Gasteiger partial charge in [0, 0.05) is 11.3 Å². The first kappa shape index (κ1) is 12.8. The van der Waals surface area contributed by atoms with E-state index in [0.29, 0.717) is 23.6 Å². The van der Waals surface area contributed by atoms with Crippen molar-refractivity contribution in [3.63, 3.8) is 0 Å². The van der Waals surface area contributed by atoms with E-state index in [-0.39, 0.29) is 6.61 Å². The average molecular weight is 245 g/mol. The lowest BCUT2D eigenvalue weighted by Crippen LogP contribution is -2.10. The summed E-state index contributed by atoms with van der Waals surface area (Å²) in [5, 5.41) is 9.11. The maximum absolute atomic E-state index is 11.0. The number of hydrogen-bond donors (Lipinski definition) is 2. The molecule has 0 aliphatic heterocycles. The third-order valence-corrected chi connectivity index (χ3v) is 2.44. The highest BCUT2D eigenvalue weighted by atomic mass is 32.2. The van der Waals surface area contributed by atoms with Gasteiger partial charge in [0.25, 0.3) is 0 Å². The second kappa shape index (κ2) is 5.18. The van der Waals surface area contributed by atoms with Crippen LogP contribution in [0, 0.1) is 0 Å². The van der Waals surface area contributed by atoms with Gasteiger partial charge in [0.05, 0.1) is 19.5 Å². The Bertz CT molecular complexity index is 456. The Labute approximate surface area is 95.1 Å². The molecule has 0 fully saturated rings. The van der Waals surface area contributed by atoms with Gasteiger partial charge in [-0.15, -0.1) is 0 Å². The number of aliphatic hydroxyl groups excluding tert-OH is 1. The van der Waals surface area contributed by atoms with Gasteiger partial charge in [0.15, 0.2) is 0 Å². The first-order chi connectivity index (χ1) is 7.46. The van der Waals surface area contributed by atoms with Crippen molar-refractivity contribution in [2.24, 2.45) is 0 Å². The third kappa shape index (κ3) is 3.71. The molecule has 0 aliphatic carbocycles. The highest BCUT2D eigenvalue weighted by molar-refractivity contribution is 7.92. The Balaban J connectivity index is 2.99. The molecule has 0 saturated heterocycles. The minimum Gasteiger partial charge on any atom is -0.494 e. The van der Waals surface area contributed by atoms with Crippen LogP contribution in [0.15, 0.2) is 18.2 Å². The van der Waals surface area contributed by atoms with Crippen LogP contribution in [0.3, 0.4) is 0 Å². The fraction of sp³-hybridized carbons (Fsp3) is 0.400. The summed E-state index contributed by atoms with van der Waals surface area (Å²) in [5.41, 5.74) is 0.963. The van der Waals surface area contributed by atoms with E-state index in [4.69, 9.17) is 9.84 Å². The first-order valence-electron chi connectivity index (χ1n) is 4.80. The second-order valence-corrected chi connectivity index (χ2v) is 5.04. The quantitative estimate of drug-likeness (QED) is 0.809. The SMILES string of the molecule is CCOc1ccc(NS(C)(=O)=O)cc1CO. The van der Waals surface area contributed by atoms with Gasteiger partial charge in [-0.25, -0.2) is 8.42 Å². The van der Waals surface area contributed by atoms with E-state index < -0.39 is 10.0 Å². The van der Waals surface area contributed by atoms with Crippen LogP contribution in [0.2, 0.25) is 0 Å². The van der Waals surface area contributed by atoms with E-state index >= 15 is 0 Å². The van der Waals surface area contributed by atoms with Crippen molar-refractivity contribution >= 4 is 15.7 Å². The van der Waals surface area contributed by atoms with Crippen LogP contribution < -0.4 is 9.46 Å². The first-order valence-corrected chi connectivity index (χ1v) is 6.69. The predicted octanol–water partition coefficient (Wildman–Crippen LogP) is 0.949. The summed E-state index contributed by atoms with van der Waals surface area (Å²) in [5.74, 6) is 0.559. The summed E-state index contributed by atoms with van der Waals surface area (Å²) in [6.45, 7) is 2.13. The van der Waals surface area contributed by atoms with Crippen molar-refractivity contribution in [3.8, 4) is 5.75 Å². The maximum Gasteiger partial charge on any atom is 0.229 e. The van der Waals surface area contributed by atoms with Crippen molar-refractivity contribution in [2.75, 3.05) is 17.6 Å². The number of benzene rings is 1. The van der Waals surface area contributed by atoms with Gasteiger partial charge >= 0.3 is 0 Å². The van der Waals surface area contributed by atoms with Crippen LogP contribution in [0.4, 0.5) is 5.69 Å². The molecule has 0 bridgehead atoms. The van der Waals surface area contributed by atoms with Gasteiger partial charge in [-0.2, -0.15) is 0 Å². The molecule has 0 atom stereocenters. The smallest absolute Gasteiger partial charge is 0.229 e. The summed E-state index contributed by atoms with van der Waals surface area (Å²) in [4.78, 5) is 0. The molecule has 6 heteroatoms. The van der Waals surface area contributed by atoms with Crippen molar-refractivity contribution < 1.29 is 18.3 Å². The standard InChI is InChI=1S/C10H15NO4S/c1-3-15-10-5-4-9(6-8(10)7-12)11-16(2,13)14/h4-6,11-12H,3,7H2,1-2H3. The van der Waals surface area contributed by atoms with Crippen molar-refractivity contribution in [2.45, 2.75) is 13.5 Å². The molecule has 0 amide bonds. The van der Waals surface area contributed by atoms with Crippen LogP contribution in [-0.4, -0.2) is 26.4 Å². The predicted molar refractivity (Wildman–Crippen MR) is 62.0 cm³/mol. The zero-order valence-electron chi connectivity index (χ0n) is 9.23. The van der Waals surface area contributed by atoms with Crippen LogP contribution in [-0.2, 0) is 16.6 Å². The number of hydrogen-bond acceptors (Lipinski definition) is 4. The largest absolute Gasteiger partial charge is 0.494 e. The normalized spacial score (nSPS) is 11.2. The van der Waals surface area contributed by atoms with Crippen molar-refractivity contribution in [3.05, 3.63) is 23.8 Å². The fourth-order valence-corrected chi connectivity index (χ4v) is 1.83. The van der Waals surface area contributed by atoms with Gasteiger partial charge in [-0.05, 0) is 25.1 Å². The minimum absolute atomic E-state index is 0.200. The molecule has 0 saturated carbocycles. The number of anilines is 1. The molecule has 90 valence electrons. The molecule has 0 unspecified atom stereocenters. The van der Waals surface area contributed by atoms with E-state index in [0.717, 1.165) is 6.26 Å². The number of ether oxygens (including phenoxy) is 1. The summed E-state index contributed by atoms with van der Waals surface area (Å²) in [6, 6.07) is 4.76. The monoisotopic (exact) mass is 245 g/mol. The van der Waals surface area contributed by atoms with E-state index in [2.05, 4.69) is 4.72 Å². The molecule has 0 radical (unpaired) electrons. The van der Waals surface area contributed by atoms with E-state index in [9.17, 15) is 8.42 Å². The van der Waals surface area contributed by atoms with Gasteiger partial charge in [0.1, 0.15) is 5.75 Å². The lowest BCUT2D eigenvalue weighted by atomic mass is 10.2. The Morgan fingerprint density at radius 3 is 2.62 bits per heavy atom. The summed E-state index contributed by atoms with van der Waals surface area (Å²) in [6.07, 6.45) is 1.07. The molecule has 0 aromatic heterocycles. The highest BCUT2D eigenvalue weighted by Gasteiger charge is 2.06. The Kier molecular flexibility index (Phi) is 4.14. The molecule has 16 heavy (non-hydrogen) atoms. The van der Waals surface area contributed by atoms with E-state index in [1.807, 2.05) is 6.92 Å². The van der Waals surface area contributed by atoms with Crippen LogP contribution in [0.1, 0.15) is 12.5 Å². The molecule has 5 nitrogen and oxygen atoms in total. The van der Waals surface area contributed by atoms with Gasteiger partial charge in [-0.1, -0.05) is 0 Å². The third-order valence-electron chi connectivity index (χ3n) is 1.83. The number of sulfonamides is 1. The van der Waals surface area contributed by atoms with Gasteiger partial charge in [0.2, 0.25) is 10.0 Å². The van der Waals surface area contributed by atoms with Crippen molar-refractivity contribution in [1.29, 1.82) is 0 Å². The highest BCUT2D eigenvalue weighted by Crippen LogP contribution is 2.23. The summed E-state index contributed by atoms with van der Waals surface area (Å²) in [7, 11) is -3.30. The average Bonchev–Trinajstić information content (AvgIpc) is 2.18. The van der Waals surface area contributed by atoms with Gasteiger partial charge in [-0.3, -0.25) is 4.72 Å². The van der Waals surface area contributed by atoms with Gasteiger partial charge < -0.3 is 9.84 Å². The topological polar surface area (TPSA) is 75.6 Å². The number of aliphatic hydroxyl groups is 1. The summed E-state index contributed by atoms with van der Waals surface area (Å²) < 4.78 is 29.6. The molecule has 0 spiro atoms. The summed E-state index contributed by atoms with van der Waals surface area (Å²) >= 11 is 0. The molecule has 0 heterocycles. The Morgan fingerprint density at radius 1 is 1.44 bits per heavy atom. The number of rotatable bonds is 5. The Hall–Kier alpha value is -1.27. The fourth-order valence-electron chi connectivity index (χ4n) is 1.28. The second-order valence-electron chi connectivity index (χ2n) is 3.29. The minimum atomic E-state index is -3.30. The number of nitrogens with one attached hydrogen (secondary N) is 1.